The van der Waals surface area contributed by atoms with Gasteiger partial charge in [-0.25, -0.2) is 0 Å². The first kappa shape index (κ1) is 13.2. The van der Waals surface area contributed by atoms with Crippen molar-refractivity contribution in [3.8, 4) is 0 Å². The normalized spacial score (nSPS) is 17.0. The Morgan fingerprint density at radius 2 is 1.93 bits per heavy atom. The molecule has 0 bridgehead atoms. The third kappa shape index (κ3) is 6.71. The molecule has 0 spiro atoms. The van der Waals surface area contributed by atoms with E-state index in [0.29, 0.717) is 11.8 Å². The standard InChI is InChI=1S/C14H24/c1-6-8-13(4)11-14(5)10-9-12(3)7-2/h7-10,12,14H,2,6,11H2,1,3-5H3. The van der Waals surface area contributed by atoms with Crippen LogP contribution in [0.15, 0.2) is 36.5 Å². The molecule has 0 saturated heterocycles. The van der Waals surface area contributed by atoms with E-state index in [1.165, 1.54) is 12.0 Å². The van der Waals surface area contributed by atoms with Crippen LogP contribution in [-0.4, -0.2) is 0 Å². The summed E-state index contributed by atoms with van der Waals surface area (Å²) in [6.07, 6.45) is 11.1. The van der Waals surface area contributed by atoms with E-state index in [1.54, 1.807) is 0 Å². The predicted molar refractivity (Wildman–Crippen MR) is 66.3 cm³/mol. The van der Waals surface area contributed by atoms with Gasteiger partial charge in [0.15, 0.2) is 0 Å². The highest BCUT2D eigenvalue weighted by Gasteiger charge is 1.98. The second-order valence-electron chi connectivity index (χ2n) is 4.12. The number of hydrogen-bond donors (Lipinski definition) is 0. The minimum Gasteiger partial charge on any atom is -0.102 e. The van der Waals surface area contributed by atoms with E-state index >= 15 is 0 Å². The van der Waals surface area contributed by atoms with Crippen molar-refractivity contribution < 1.29 is 0 Å². The zero-order valence-electron chi connectivity index (χ0n) is 10.1. The van der Waals surface area contributed by atoms with Crippen molar-refractivity contribution in [3.05, 3.63) is 36.5 Å². The summed E-state index contributed by atoms with van der Waals surface area (Å²) < 4.78 is 0. The molecule has 0 aromatic carbocycles. The van der Waals surface area contributed by atoms with E-state index in [1.807, 2.05) is 6.08 Å². The minimum atomic E-state index is 0.493. The first-order valence-electron chi connectivity index (χ1n) is 5.56. The van der Waals surface area contributed by atoms with Crippen LogP contribution in [0.25, 0.3) is 0 Å². The molecular weight excluding hydrogens is 168 g/mol. The van der Waals surface area contributed by atoms with Gasteiger partial charge in [0, 0.05) is 0 Å². The molecule has 0 aromatic heterocycles. The smallest absolute Gasteiger partial charge is 0.00845 e. The van der Waals surface area contributed by atoms with Crippen molar-refractivity contribution >= 4 is 0 Å². The predicted octanol–water partition coefficient (Wildman–Crippen LogP) is 4.75. The molecule has 0 rings (SSSR count). The average molecular weight is 192 g/mol. The third-order valence-electron chi connectivity index (χ3n) is 2.31. The third-order valence-corrected chi connectivity index (χ3v) is 2.31. The van der Waals surface area contributed by atoms with E-state index in [2.05, 4.69) is 52.5 Å². The zero-order chi connectivity index (χ0) is 11.0. The Labute approximate surface area is 89.4 Å². The molecule has 0 aromatic rings. The molecule has 0 heterocycles. The molecular formula is C14H24. The van der Waals surface area contributed by atoms with Crippen molar-refractivity contribution in [2.45, 2.75) is 40.5 Å². The molecule has 0 aliphatic rings. The van der Waals surface area contributed by atoms with Crippen LogP contribution in [0.5, 0.6) is 0 Å². The van der Waals surface area contributed by atoms with E-state index in [9.17, 15) is 0 Å². The fraction of sp³-hybridized carbons (Fsp3) is 0.571. The van der Waals surface area contributed by atoms with Crippen LogP contribution in [-0.2, 0) is 0 Å². The maximum atomic E-state index is 3.77. The molecule has 0 fully saturated rings. The summed E-state index contributed by atoms with van der Waals surface area (Å²) in [5.41, 5.74) is 1.50. The topological polar surface area (TPSA) is 0 Å². The average Bonchev–Trinajstić information content (AvgIpc) is 2.14. The van der Waals surface area contributed by atoms with E-state index in [-0.39, 0.29) is 0 Å². The van der Waals surface area contributed by atoms with Crippen molar-refractivity contribution in [3.63, 3.8) is 0 Å². The first-order chi connectivity index (χ1) is 6.60. The summed E-state index contributed by atoms with van der Waals surface area (Å²) in [7, 11) is 0. The highest BCUT2D eigenvalue weighted by atomic mass is 14.0. The maximum Gasteiger partial charge on any atom is -0.00845 e. The zero-order valence-corrected chi connectivity index (χ0v) is 10.1. The van der Waals surface area contributed by atoms with Crippen molar-refractivity contribution in [1.82, 2.24) is 0 Å². The Morgan fingerprint density at radius 3 is 2.43 bits per heavy atom. The summed E-state index contributed by atoms with van der Waals surface area (Å²) >= 11 is 0. The lowest BCUT2D eigenvalue weighted by Gasteiger charge is -2.07. The fourth-order valence-corrected chi connectivity index (χ4v) is 1.45. The van der Waals surface area contributed by atoms with Crippen LogP contribution in [0.1, 0.15) is 40.5 Å². The molecule has 0 amide bonds. The van der Waals surface area contributed by atoms with Crippen molar-refractivity contribution in [2.24, 2.45) is 11.8 Å². The number of rotatable bonds is 6. The Morgan fingerprint density at radius 1 is 1.29 bits per heavy atom. The molecule has 0 aliphatic heterocycles. The Hall–Kier alpha value is -0.780. The molecule has 14 heavy (non-hydrogen) atoms. The van der Waals surface area contributed by atoms with Gasteiger partial charge in [-0.1, -0.05) is 50.6 Å². The first-order valence-corrected chi connectivity index (χ1v) is 5.56. The van der Waals surface area contributed by atoms with Gasteiger partial charge in [-0.15, -0.1) is 6.58 Å². The summed E-state index contributed by atoms with van der Waals surface area (Å²) in [4.78, 5) is 0. The van der Waals surface area contributed by atoms with Gasteiger partial charge < -0.3 is 0 Å². The lowest BCUT2D eigenvalue weighted by atomic mass is 9.99. The summed E-state index contributed by atoms with van der Waals surface area (Å²) in [5.74, 6) is 1.13. The second kappa shape index (κ2) is 7.61. The van der Waals surface area contributed by atoms with Crippen LogP contribution in [0.4, 0.5) is 0 Å². The quantitative estimate of drug-likeness (QED) is 0.533. The SMILES string of the molecule is C=CC(C)C=CC(C)CC(C)=CCC. The monoisotopic (exact) mass is 192 g/mol. The van der Waals surface area contributed by atoms with Gasteiger partial charge in [0.2, 0.25) is 0 Å². The van der Waals surface area contributed by atoms with E-state index in [0.717, 1.165) is 6.42 Å². The van der Waals surface area contributed by atoms with Crippen LogP contribution >= 0.6 is 0 Å². The van der Waals surface area contributed by atoms with Crippen molar-refractivity contribution in [2.75, 3.05) is 0 Å². The van der Waals surface area contributed by atoms with Gasteiger partial charge in [-0.05, 0) is 31.6 Å². The van der Waals surface area contributed by atoms with E-state index in [4.69, 9.17) is 0 Å². The van der Waals surface area contributed by atoms with Crippen LogP contribution < -0.4 is 0 Å². The van der Waals surface area contributed by atoms with Gasteiger partial charge in [-0.2, -0.15) is 0 Å². The van der Waals surface area contributed by atoms with Crippen LogP contribution in [0.3, 0.4) is 0 Å². The molecule has 0 heteroatoms. The van der Waals surface area contributed by atoms with Gasteiger partial charge in [0.05, 0.1) is 0 Å². The molecule has 0 nitrogen and oxygen atoms in total. The van der Waals surface area contributed by atoms with Crippen LogP contribution in [0, 0.1) is 11.8 Å². The summed E-state index contributed by atoms with van der Waals surface area (Å²) in [6.45, 7) is 12.6. The Bertz CT molecular complexity index is 208. The Balaban J connectivity index is 3.97. The van der Waals surface area contributed by atoms with Crippen molar-refractivity contribution in [1.29, 1.82) is 0 Å². The van der Waals surface area contributed by atoms with Gasteiger partial charge >= 0.3 is 0 Å². The van der Waals surface area contributed by atoms with E-state index < -0.39 is 0 Å². The van der Waals surface area contributed by atoms with Gasteiger partial charge in [0.1, 0.15) is 0 Å². The second-order valence-corrected chi connectivity index (χ2v) is 4.12. The van der Waals surface area contributed by atoms with Gasteiger partial charge in [-0.3, -0.25) is 0 Å². The Kier molecular flexibility index (Phi) is 7.18. The molecule has 0 aliphatic carbocycles. The van der Waals surface area contributed by atoms with Gasteiger partial charge in [0.25, 0.3) is 0 Å². The molecule has 80 valence electrons. The van der Waals surface area contributed by atoms with Crippen LogP contribution in [0.2, 0.25) is 0 Å². The molecule has 0 radical (unpaired) electrons. The molecule has 2 unspecified atom stereocenters. The highest BCUT2D eigenvalue weighted by molar-refractivity contribution is 5.03. The summed E-state index contributed by atoms with van der Waals surface area (Å²) in [5, 5.41) is 0. The lowest BCUT2D eigenvalue weighted by molar-refractivity contribution is 0.706. The number of hydrogen-bond acceptors (Lipinski definition) is 0. The molecule has 0 N–H and O–H groups in total. The fourth-order valence-electron chi connectivity index (χ4n) is 1.45. The highest BCUT2D eigenvalue weighted by Crippen LogP contribution is 2.13. The molecule has 0 saturated carbocycles. The minimum absolute atomic E-state index is 0.493. The molecule has 2 atom stereocenters. The largest absolute Gasteiger partial charge is 0.102 e. The summed E-state index contributed by atoms with van der Waals surface area (Å²) in [6, 6.07) is 0. The lowest BCUT2D eigenvalue weighted by Crippen LogP contribution is -1.92. The number of allylic oxidation sites excluding steroid dienone is 5. The maximum absolute atomic E-state index is 3.77.